The van der Waals surface area contributed by atoms with Gasteiger partial charge in [-0.2, -0.15) is 0 Å². The summed E-state index contributed by atoms with van der Waals surface area (Å²) in [6.45, 7) is 8.30. The zero-order chi connectivity index (χ0) is 19.7. The number of Topliss-reactive ketones (excluding diaryl/α,β-unsaturated/α-hetero) is 2. The molecule has 0 aliphatic rings. The van der Waals surface area contributed by atoms with Crippen LogP contribution in [-0.2, 0) is 22.4 Å². The lowest BCUT2D eigenvalue weighted by atomic mass is 9.95. The summed E-state index contributed by atoms with van der Waals surface area (Å²) in [7, 11) is 0. The van der Waals surface area contributed by atoms with Gasteiger partial charge in [-0.1, -0.05) is 52.0 Å². The van der Waals surface area contributed by atoms with Gasteiger partial charge >= 0.3 is 0 Å². The van der Waals surface area contributed by atoms with Gasteiger partial charge in [0.1, 0.15) is 11.6 Å². The van der Waals surface area contributed by atoms with E-state index in [0.717, 1.165) is 24.0 Å². The van der Waals surface area contributed by atoms with Crippen LogP contribution in [0.25, 0.3) is 0 Å². The van der Waals surface area contributed by atoms with Crippen molar-refractivity contribution in [2.45, 2.75) is 78.3 Å². The lowest BCUT2D eigenvalue weighted by Gasteiger charge is -2.13. The largest absolute Gasteiger partial charge is 0.322 e. The third kappa shape index (κ3) is 8.72. The molecule has 0 saturated heterocycles. The highest BCUT2D eigenvalue weighted by molar-refractivity contribution is 5.84. The molecule has 4 heteroatoms. The Kier molecular flexibility index (Phi) is 9.74. The number of carbonyl (C=O) groups is 2. The van der Waals surface area contributed by atoms with E-state index in [2.05, 4.69) is 33.8 Å². The summed E-state index contributed by atoms with van der Waals surface area (Å²) >= 11 is 0. The summed E-state index contributed by atoms with van der Waals surface area (Å²) in [4.78, 5) is 24.3. The molecule has 4 nitrogen and oxygen atoms in total. The van der Waals surface area contributed by atoms with Gasteiger partial charge in [-0.05, 0) is 48.6 Å². The standard InChI is InChI=1S/C22H36N2O2/c1-15(2)12-19(23)21(25)10-8-17-6-5-7-18(14-17)9-11-22(26)20(24)13-16(3)4/h5-7,14-16,19-20H,8-13,23-24H2,1-4H3. The molecule has 2 atom stereocenters. The molecule has 1 rings (SSSR count). The lowest BCUT2D eigenvalue weighted by Crippen LogP contribution is -2.32. The molecule has 0 fully saturated rings. The van der Waals surface area contributed by atoms with Crippen molar-refractivity contribution in [3.05, 3.63) is 35.4 Å². The van der Waals surface area contributed by atoms with Crippen LogP contribution in [-0.4, -0.2) is 23.7 Å². The van der Waals surface area contributed by atoms with Crippen LogP contribution >= 0.6 is 0 Å². The Hall–Kier alpha value is -1.52. The summed E-state index contributed by atoms with van der Waals surface area (Å²) in [5.74, 6) is 1.10. The number of aryl methyl sites for hydroxylation is 2. The topological polar surface area (TPSA) is 86.2 Å². The average Bonchev–Trinajstić information content (AvgIpc) is 2.56. The minimum Gasteiger partial charge on any atom is -0.322 e. The molecule has 1 aromatic rings. The van der Waals surface area contributed by atoms with E-state index in [-0.39, 0.29) is 23.7 Å². The molecule has 4 N–H and O–H groups in total. The molecule has 26 heavy (non-hydrogen) atoms. The van der Waals surface area contributed by atoms with Crippen molar-refractivity contribution in [3.8, 4) is 0 Å². The van der Waals surface area contributed by atoms with E-state index in [1.165, 1.54) is 0 Å². The predicted molar refractivity (Wildman–Crippen MR) is 108 cm³/mol. The van der Waals surface area contributed by atoms with Crippen molar-refractivity contribution in [3.63, 3.8) is 0 Å². The van der Waals surface area contributed by atoms with Crippen LogP contribution in [0.1, 0.15) is 64.5 Å². The van der Waals surface area contributed by atoms with Gasteiger partial charge in [0.25, 0.3) is 0 Å². The van der Waals surface area contributed by atoms with Crippen LogP contribution in [0.2, 0.25) is 0 Å². The first-order valence-corrected chi connectivity index (χ1v) is 9.83. The molecule has 0 aliphatic heterocycles. The second-order valence-electron chi connectivity index (χ2n) is 8.22. The molecule has 0 radical (unpaired) electrons. The Balaban J connectivity index is 2.50. The third-order valence-corrected chi connectivity index (χ3v) is 4.59. The Labute approximate surface area is 158 Å². The molecule has 0 amide bonds. The van der Waals surface area contributed by atoms with E-state index >= 15 is 0 Å². The summed E-state index contributed by atoms with van der Waals surface area (Å²) < 4.78 is 0. The molecule has 146 valence electrons. The quantitative estimate of drug-likeness (QED) is 0.598. The van der Waals surface area contributed by atoms with Gasteiger partial charge in [0.05, 0.1) is 12.1 Å². The molecular formula is C22H36N2O2. The summed E-state index contributed by atoms with van der Waals surface area (Å²) in [5.41, 5.74) is 14.1. The molecule has 0 saturated carbocycles. The van der Waals surface area contributed by atoms with Gasteiger partial charge in [-0.3, -0.25) is 9.59 Å². The molecular weight excluding hydrogens is 324 g/mol. The molecule has 0 aromatic heterocycles. The zero-order valence-electron chi connectivity index (χ0n) is 16.8. The van der Waals surface area contributed by atoms with Crippen molar-refractivity contribution in [1.29, 1.82) is 0 Å². The van der Waals surface area contributed by atoms with E-state index in [1.54, 1.807) is 0 Å². The number of carbonyl (C=O) groups excluding carboxylic acids is 2. The average molecular weight is 361 g/mol. The minimum absolute atomic E-state index is 0.124. The SMILES string of the molecule is CC(C)CC(N)C(=O)CCc1cccc(CCC(=O)C(N)CC(C)C)c1. The minimum atomic E-state index is -0.363. The zero-order valence-corrected chi connectivity index (χ0v) is 16.8. The molecule has 0 heterocycles. The first-order chi connectivity index (χ1) is 12.2. The number of nitrogens with two attached hydrogens (primary N) is 2. The highest BCUT2D eigenvalue weighted by Gasteiger charge is 2.16. The van der Waals surface area contributed by atoms with Gasteiger partial charge in [-0.15, -0.1) is 0 Å². The number of benzene rings is 1. The Morgan fingerprint density at radius 2 is 1.19 bits per heavy atom. The molecule has 0 aliphatic carbocycles. The van der Waals surface area contributed by atoms with E-state index in [9.17, 15) is 9.59 Å². The maximum Gasteiger partial charge on any atom is 0.149 e. The van der Waals surface area contributed by atoms with Crippen LogP contribution in [0.15, 0.2) is 24.3 Å². The Morgan fingerprint density at radius 1 is 0.808 bits per heavy atom. The normalized spacial score (nSPS) is 13.8. The highest BCUT2D eigenvalue weighted by atomic mass is 16.1. The van der Waals surface area contributed by atoms with Gasteiger partial charge in [0, 0.05) is 12.8 Å². The number of rotatable bonds is 12. The summed E-state index contributed by atoms with van der Waals surface area (Å²) in [5, 5.41) is 0. The highest BCUT2D eigenvalue weighted by Crippen LogP contribution is 2.13. The van der Waals surface area contributed by atoms with Crippen LogP contribution in [0.3, 0.4) is 0 Å². The van der Waals surface area contributed by atoms with E-state index in [4.69, 9.17) is 11.5 Å². The van der Waals surface area contributed by atoms with Gasteiger partial charge in [0.2, 0.25) is 0 Å². The van der Waals surface area contributed by atoms with Gasteiger partial charge in [-0.25, -0.2) is 0 Å². The number of ketones is 2. The number of hydrogen-bond acceptors (Lipinski definition) is 4. The third-order valence-electron chi connectivity index (χ3n) is 4.59. The maximum atomic E-state index is 12.1. The second kappa shape index (κ2) is 11.2. The van der Waals surface area contributed by atoms with Gasteiger partial charge < -0.3 is 11.5 Å². The van der Waals surface area contributed by atoms with Crippen molar-refractivity contribution < 1.29 is 9.59 Å². The lowest BCUT2D eigenvalue weighted by molar-refractivity contribution is -0.121. The van der Waals surface area contributed by atoms with E-state index < -0.39 is 0 Å². The monoisotopic (exact) mass is 360 g/mol. The maximum absolute atomic E-state index is 12.1. The second-order valence-corrected chi connectivity index (χ2v) is 8.22. The molecule has 1 aromatic carbocycles. The molecule has 0 bridgehead atoms. The molecule has 0 spiro atoms. The predicted octanol–water partition coefficient (Wildman–Crippen LogP) is 3.44. The summed E-state index contributed by atoms with van der Waals surface area (Å²) in [6, 6.07) is 7.40. The Morgan fingerprint density at radius 3 is 1.54 bits per heavy atom. The van der Waals surface area contributed by atoms with E-state index in [0.29, 0.717) is 37.5 Å². The van der Waals surface area contributed by atoms with Gasteiger partial charge in [0.15, 0.2) is 0 Å². The van der Waals surface area contributed by atoms with Crippen LogP contribution in [0.5, 0.6) is 0 Å². The van der Waals surface area contributed by atoms with Crippen molar-refractivity contribution >= 4 is 11.6 Å². The van der Waals surface area contributed by atoms with Crippen LogP contribution < -0.4 is 11.5 Å². The first kappa shape index (κ1) is 22.5. The smallest absolute Gasteiger partial charge is 0.149 e. The van der Waals surface area contributed by atoms with Crippen LogP contribution in [0, 0.1) is 11.8 Å². The van der Waals surface area contributed by atoms with Crippen molar-refractivity contribution in [2.24, 2.45) is 23.3 Å². The van der Waals surface area contributed by atoms with Crippen molar-refractivity contribution in [1.82, 2.24) is 0 Å². The van der Waals surface area contributed by atoms with Crippen LogP contribution in [0.4, 0.5) is 0 Å². The first-order valence-electron chi connectivity index (χ1n) is 9.83. The fourth-order valence-electron chi connectivity index (χ4n) is 3.13. The number of hydrogen-bond donors (Lipinski definition) is 2. The fourth-order valence-corrected chi connectivity index (χ4v) is 3.13. The fraction of sp³-hybridized carbons (Fsp3) is 0.636. The van der Waals surface area contributed by atoms with Crippen molar-refractivity contribution in [2.75, 3.05) is 0 Å². The summed E-state index contributed by atoms with van der Waals surface area (Å²) in [6.07, 6.45) is 3.79. The molecule has 2 unspecified atom stereocenters. The van der Waals surface area contributed by atoms with E-state index in [1.807, 2.05) is 18.2 Å². The Bertz CT molecular complexity index is 534.